The first-order valence-electron chi connectivity index (χ1n) is 9.38. The van der Waals surface area contributed by atoms with Crippen LogP contribution >= 0.6 is 11.3 Å². The summed E-state index contributed by atoms with van der Waals surface area (Å²) in [5.41, 5.74) is 0.919. The lowest BCUT2D eigenvalue weighted by Crippen LogP contribution is -2.44. The molecule has 0 spiro atoms. The quantitative estimate of drug-likeness (QED) is 0.846. The van der Waals surface area contributed by atoms with Gasteiger partial charge in [0.25, 0.3) is 0 Å². The fraction of sp³-hybridized carbons (Fsp3) is 0.476. The molecule has 4 atom stereocenters. The molecule has 0 bridgehead atoms. The molecule has 0 aliphatic heterocycles. The third-order valence-electron chi connectivity index (χ3n) is 5.50. The molecule has 2 aliphatic rings. The Hall–Kier alpha value is -1.69. The zero-order chi connectivity index (χ0) is 18.1. The van der Waals surface area contributed by atoms with Crippen molar-refractivity contribution in [1.29, 1.82) is 0 Å². The third kappa shape index (κ3) is 3.56. The second-order valence-electron chi connectivity index (χ2n) is 7.35. The summed E-state index contributed by atoms with van der Waals surface area (Å²) in [7, 11) is 0. The molecular weight excluding hydrogens is 346 g/mol. The van der Waals surface area contributed by atoms with Crippen molar-refractivity contribution in [2.75, 3.05) is 6.54 Å². The molecule has 0 saturated heterocycles. The van der Waals surface area contributed by atoms with Crippen LogP contribution in [0.4, 0.5) is 0 Å². The summed E-state index contributed by atoms with van der Waals surface area (Å²) in [5.74, 6) is 1.06. The summed E-state index contributed by atoms with van der Waals surface area (Å²) in [6, 6.07) is 11.7. The minimum Gasteiger partial charge on any atom is -0.488 e. The highest BCUT2D eigenvalue weighted by molar-refractivity contribution is 7.12. The van der Waals surface area contributed by atoms with E-state index in [0.717, 1.165) is 37.0 Å². The number of aliphatic hydroxyl groups excluding tert-OH is 1. The van der Waals surface area contributed by atoms with Crippen molar-refractivity contribution in [3.63, 3.8) is 0 Å². The Labute approximate surface area is 158 Å². The number of Topliss-reactive ketones (excluding diaryl/α,β-unsaturated/α-hetero) is 1. The van der Waals surface area contributed by atoms with E-state index in [2.05, 4.69) is 12.2 Å². The highest BCUT2D eigenvalue weighted by atomic mass is 32.1. The van der Waals surface area contributed by atoms with Crippen molar-refractivity contribution in [2.45, 2.75) is 50.9 Å². The summed E-state index contributed by atoms with van der Waals surface area (Å²) in [4.78, 5) is 15.2. The second-order valence-corrected chi connectivity index (χ2v) is 8.69. The van der Waals surface area contributed by atoms with Gasteiger partial charge in [-0.3, -0.25) is 4.79 Å². The van der Waals surface area contributed by atoms with Crippen LogP contribution in [0.15, 0.2) is 36.4 Å². The molecule has 4 nitrogen and oxygen atoms in total. The third-order valence-corrected chi connectivity index (χ3v) is 6.61. The Kier molecular flexibility index (Phi) is 5.11. The van der Waals surface area contributed by atoms with Crippen molar-refractivity contribution in [1.82, 2.24) is 5.32 Å². The molecule has 2 aliphatic carbocycles. The number of benzene rings is 1. The normalized spacial score (nSPS) is 28.2. The maximum atomic E-state index is 12.7. The Bertz CT molecular complexity index is 773. The van der Waals surface area contributed by atoms with Gasteiger partial charge in [-0.15, -0.1) is 11.3 Å². The van der Waals surface area contributed by atoms with E-state index in [1.165, 1.54) is 9.75 Å². The fourth-order valence-corrected chi connectivity index (χ4v) is 5.13. The van der Waals surface area contributed by atoms with Gasteiger partial charge in [-0.05, 0) is 50.8 Å². The number of hydrogen-bond donors (Lipinski definition) is 2. The zero-order valence-corrected chi connectivity index (χ0v) is 15.8. The van der Waals surface area contributed by atoms with Gasteiger partial charge in [-0.2, -0.15) is 0 Å². The highest BCUT2D eigenvalue weighted by Crippen LogP contribution is 2.32. The molecular formula is C21H25NO3S. The lowest BCUT2D eigenvalue weighted by atomic mass is 9.87. The zero-order valence-electron chi connectivity index (χ0n) is 15.0. The fourth-order valence-electron chi connectivity index (χ4n) is 4.07. The van der Waals surface area contributed by atoms with Crippen LogP contribution in [0.5, 0.6) is 5.75 Å². The molecule has 138 valence electrons. The van der Waals surface area contributed by atoms with Gasteiger partial charge in [0.05, 0.1) is 0 Å². The lowest BCUT2D eigenvalue weighted by molar-refractivity contribution is 0.0442. The number of nitrogens with one attached hydrogen (secondary N) is 1. The second kappa shape index (κ2) is 7.51. The summed E-state index contributed by atoms with van der Waals surface area (Å²) >= 11 is 1.74. The molecule has 4 rings (SSSR count). The molecule has 5 heteroatoms. The number of hydrogen-bond acceptors (Lipinski definition) is 5. The van der Waals surface area contributed by atoms with Crippen molar-refractivity contribution in [3.8, 4) is 5.75 Å². The maximum Gasteiger partial charge on any atom is 0.168 e. The molecule has 0 radical (unpaired) electrons. The van der Waals surface area contributed by atoms with Gasteiger partial charge in [0.15, 0.2) is 5.78 Å². The average molecular weight is 372 g/mol. The number of thiophene rings is 1. The molecule has 0 amide bonds. The summed E-state index contributed by atoms with van der Waals surface area (Å²) in [5, 5.41) is 14.0. The Morgan fingerprint density at radius 3 is 2.85 bits per heavy atom. The monoisotopic (exact) mass is 371 g/mol. The van der Waals surface area contributed by atoms with Crippen LogP contribution in [-0.4, -0.2) is 35.7 Å². The Morgan fingerprint density at radius 1 is 1.23 bits per heavy atom. The molecule has 1 heterocycles. The van der Waals surface area contributed by atoms with E-state index in [-0.39, 0.29) is 23.8 Å². The van der Waals surface area contributed by atoms with Gasteiger partial charge in [0, 0.05) is 33.8 Å². The Balaban J connectivity index is 1.32. The van der Waals surface area contributed by atoms with Gasteiger partial charge in [-0.1, -0.05) is 18.2 Å². The highest BCUT2D eigenvalue weighted by Gasteiger charge is 2.37. The molecule has 2 N–H and O–H groups in total. The standard InChI is InChI=1S/C21H25NO3S/c1-13-11-16-19(26-13)10-7-14(20(16)23)12-22-17-8-9-18(21(17)24)25-15-5-3-2-4-6-15/h2-6,11,14,17-18,21-22,24H,7-10,12H2,1H3/t14?,17-,18+,21-/m1/s1. The molecule has 1 unspecified atom stereocenters. The first kappa shape index (κ1) is 17.7. The maximum absolute atomic E-state index is 12.7. The first-order chi connectivity index (χ1) is 12.6. The number of ketones is 1. The number of carbonyl (C=O) groups excluding carboxylic acids is 1. The van der Waals surface area contributed by atoms with Gasteiger partial charge in [-0.25, -0.2) is 0 Å². The van der Waals surface area contributed by atoms with Crippen LogP contribution in [0.1, 0.15) is 39.4 Å². The van der Waals surface area contributed by atoms with Crippen LogP contribution in [0.3, 0.4) is 0 Å². The summed E-state index contributed by atoms with van der Waals surface area (Å²) in [6.07, 6.45) is 2.82. The molecule has 1 aromatic carbocycles. The number of para-hydroxylation sites is 1. The van der Waals surface area contributed by atoms with E-state index in [1.807, 2.05) is 36.4 Å². The van der Waals surface area contributed by atoms with E-state index < -0.39 is 6.10 Å². The number of ether oxygens (including phenoxy) is 1. The summed E-state index contributed by atoms with van der Waals surface area (Å²) < 4.78 is 5.92. The number of carbonyl (C=O) groups is 1. The van der Waals surface area contributed by atoms with Crippen molar-refractivity contribution < 1.29 is 14.6 Å². The summed E-state index contributed by atoms with van der Waals surface area (Å²) in [6.45, 7) is 2.69. The minimum atomic E-state index is -0.548. The predicted molar refractivity (Wildman–Crippen MR) is 103 cm³/mol. The topological polar surface area (TPSA) is 58.6 Å². The number of aryl methyl sites for hydroxylation is 2. The molecule has 1 saturated carbocycles. The van der Waals surface area contributed by atoms with Crippen LogP contribution in [-0.2, 0) is 6.42 Å². The van der Waals surface area contributed by atoms with E-state index in [1.54, 1.807) is 11.3 Å². The van der Waals surface area contributed by atoms with Crippen molar-refractivity contribution in [2.24, 2.45) is 5.92 Å². The van der Waals surface area contributed by atoms with Gasteiger partial charge in [0.1, 0.15) is 18.0 Å². The molecule has 1 fully saturated rings. The first-order valence-corrected chi connectivity index (χ1v) is 10.2. The number of rotatable bonds is 5. The largest absolute Gasteiger partial charge is 0.488 e. The Morgan fingerprint density at radius 2 is 2.04 bits per heavy atom. The van der Waals surface area contributed by atoms with Crippen LogP contribution in [0, 0.1) is 12.8 Å². The minimum absolute atomic E-state index is 0.0118. The molecule has 1 aromatic heterocycles. The van der Waals surface area contributed by atoms with Gasteiger partial charge in [0.2, 0.25) is 0 Å². The van der Waals surface area contributed by atoms with Crippen LogP contribution in [0.2, 0.25) is 0 Å². The van der Waals surface area contributed by atoms with Crippen molar-refractivity contribution in [3.05, 3.63) is 51.7 Å². The van der Waals surface area contributed by atoms with Gasteiger partial charge >= 0.3 is 0 Å². The van der Waals surface area contributed by atoms with E-state index >= 15 is 0 Å². The predicted octanol–water partition coefficient (Wildman–Crippen LogP) is 3.36. The van der Waals surface area contributed by atoms with Crippen LogP contribution in [0.25, 0.3) is 0 Å². The molecule has 26 heavy (non-hydrogen) atoms. The smallest absolute Gasteiger partial charge is 0.168 e. The molecule has 2 aromatic rings. The van der Waals surface area contributed by atoms with Crippen molar-refractivity contribution >= 4 is 17.1 Å². The SMILES string of the molecule is Cc1cc2c(s1)CCC(CN[C@@H]1CC[C@H](Oc3ccccc3)[C@@H]1O)C2=O. The van der Waals surface area contributed by atoms with E-state index in [4.69, 9.17) is 4.74 Å². The van der Waals surface area contributed by atoms with Gasteiger partial charge < -0.3 is 15.2 Å². The lowest BCUT2D eigenvalue weighted by Gasteiger charge is -2.25. The number of fused-ring (bicyclic) bond motifs is 1. The van der Waals surface area contributed by atoms with E-state index in [9.17, 15) is 9.90 Å². The number of aliphatic hydroxyl groups is 1. The average Bonchev–Trinajstić information content (AvgIpc) is 3.19. The van der Waals surface area contributed by atoms with E-state index in [0.29, 0.717) is 6.54 Å². The van der Waals surface area contributed by atoms with Crippen LogP contribution < -0.4 is 10.1 Å².